The van der Waals surface area contributed by atoms with Gasteiger partial charge in [-0.05, 0) is 32.0 Å². The van der Waals surface area contributed by atoms with Gasteiger partial charge in [0.2, 0.25) is 0 Å². The fourth-order valence-corrected chi connectivity index (χ4v) is 2.64. The van der Waals surface area contributed by atoms with Crippen molar-refractivity contribution in [2.45, 2.75) is 13.8 Å². The maximum atomic E-state index is 10.7. The van der Waals surface area contributed by atoms with Gasteiger partial charge in [0.05, 0.1) is 16.1 Å². The van der Waals surface area contributed by atoms with Crippen LogP contribution in [0.2, 0.25) is 0 Å². The molecule has 0 aliphatic rings. The normalized spacial score (nSPS) is 9.93. The third kappa shape index (κ3) is 6.42. The number of nitrogens with zero attached hydrogens (tertiary/aromatic N) is 3. The second-order valence-corrected chi connectivity index (χ2v) is 10.2. The molecule has 0 spiro atoms. The number of hydrogen-bond donors (Lipinski definition) is 1. The molecule has 0 aliphatic carbocycles. The van der Waals surface area contributed by atoms with Gasteiger partial charge in [0.25, 0.3) is 5.69 Å². The summed E-state index contributed by atoms with van der Waals surface area (Å²) in [6.45, 7) is 3.78. The third-order valence-corrected chi connectivity index (χ3v) is 3.93. The van der Waals surface area contributed by atoms with Gasteiger partial charge in [-0.2, -0.15) is 0 Å². The summed E-state index contributed by atoms with van der Waals surface area (Å²) < 4.78 is 0. The van der Waals surface area contributed by atoms with Crippen LogP contribution >= 0.6 is 17.8 Å². The first kappa shape index (κ1) is 23.1. The van der Waals surface area contributed by atoms with Crippen molar-refractivity contribution in [2.75, 3.05) is 5.73 Å². The Morgan fingerprint density at radius 3 is 1.90 bits per heavy atom. The van der Waals surface area contributed by atoms with Crippen LogP contribution in [0.25, 0.3) is 21.8 Å². The first-order valence-electron chi connectivity index (χ1n) is 8.46. The molecule has 0 unspecified atom stereocenters. The van der Waals surface area contributed by atoms with E-state index in [1.165, 1.54) is 6.07 Å². The molecule has 0 bridgehead atoms. The van der Waals surface area contributed by atoms with Crippen LogP contribution in [0.4, 0.5) is 11.4 Å². The molecular weight excluding hydrogens is 518 g/mol. The summed E-state index contributed by atoms with van der Waals surface area (Å²) in [5, 5.41) is 12.6. The number of anilines is 1. The molecule has 2 heterocycles. The Kier molecular flexibility index (Phi) is 8.88. The van der Waals surface area contributed by atoms with Crippen molar-refractivity contribution in [3.8, 4) is 0 Å². The Bertz CT molecular complexity index is 1140. The molecule has 0 saturated carbocycles. The number of nitrogens with two attached hydrogens (primary N) is 1. The number of hydrogen-bond acceptors (Lipinski definition) is 5. The first-order chi connectivity index (χ1) is 13.9. The van der Waals surface area contributed by atoms with Gasteiger partial charge in [-0.1, -0.05) is 36.4 Å². The van der Waals surface area contributed by atoms with Crippen LogP contribution in [-0.2, 0) is 0 Å². The summed E-state index contributed by atoms with van der Waals surface area (Å²) >= 11 is -0.826. The van der Waals surface area contributed by atoms with Crippen molar-refractivity contribution in [1.29, 1.82) is 0 Å². The Balaban J connectivity index is 0.000000184. The van der Waals surface area contributed by atoms with Gasteiger partial charge in [0.15, 0.2) is 0 Å². The van der Waals surface area contributed by atoms with Crippen molar-refractivity contribution in [3.63, 3.8) is 0 Å². The zero-order chi connectivity index (χ0) is 21.4. The number of nitro benzene ring substituents is 1. The summed E-state index contributed by atoms with van der Waals surface area (Å²) in [6, 6.07) is 18.5. The Labute approximate surface area is 185 Å². The molecular formula is C20H18Cl2N4O2Sn. The SMILES string of the molecule is Cc1ccc2cccc(N)c2n1.Cc1ccc2cccc([N+](=O)[O-])c2n1.[Cl][Sn][Cl]. The third-order valence-electron chi connectivity index (χ3n) is 3.93. The molecule has 0 aliphatic heterocycles. The van der Waals surface area contributed by atoms with Gasteiger partial charge >= 0.3 is 36.7 Å². The number of fused-ring (bicyclic) bond motifs is 2. The van der Waals surface area contributed by atoms with Gasteiger partial charge in [0.1, 0.15) is 5.52 Å². The van der Waals surface area contributed by atoms with E-state index in [1.54, 1.807) is 6.07 Å². The van der Waals surface area contributed by atoms with Crippen molar-refractivity contribution in [3.05, 3.63) is 82.2 Å². The van der Waals surface area contributed by atoms with E-state index in [2.05, 4.69) is 9.97 Å². The van der Waals surface area contributed by atoms with Crippen molar-refractivity contribution < 1.29 is 4.92 Å². The van der Waals surface area contributed by atoms with Crippen molar-refractivity contribution >= 4 is 69.9 Å². The van der Waals surface area contributed by atoms with E-state index in [0.717, 1.165) is 33.4 Å². The van der Waals surface area contributed by atoms with Crippen LogP contribution in [0.1, 0.15) is 11.4 Å². The van der Waals surface area contributed by atoms with E-state index >= 15 is 0 Å². The Morgan fingerprint density at radius 1 is 0.862 bits per heavy atom. The van der Waals surface area contributed by atoms with Crippen LogP contribution in [-0.4, -0.2) is 33.8 Å². The van der Waals surface area contributed by atoms with E-state index in [4.69, 9.17) is 23.6 Å². The number of benzene rings is 2. The molecule has 2 aromatic heterocycles. The number of para-hydroxylation sites is 2. The first-order valence-corrected chi connectivity index (χ1v) is 15.7. The molecule has 2 radical (unpaired) electrons. The average molecular weight is 536 g/mol. The number of non-ortho nitro benzene ring substituents is 1. The monoisotopic (exact) mass is 536 g/mol. The molecule has 0 saturated heterocycles. The number of aromatic nitrogens is 2. The zero-order valence-corrected chi connectivity index (χ0v) is 20.1. The minimum absolute atomic E-state index is 0.0613. The molecule has 9 heteroatoms. The fourth-order valence-electron chi connectivity index (χ4n) is 2.64. The average Bonchev–Trinajstić information content (AvgIpc) is 2.69. The van der Waals surface area contributed by atoms with Crippen LogP contribution < -0.4 is 5.73 Å². The van der Waals surface area contributed by atoms with Crippen LogP contribution in [0, 0.1) is 24.0 Å². The number of rotatable bonds is 1. The standard InChI is InChI=1S/C10H8N2O2.C10H10N2.2ClH.Sn/c1-7-5-6-8-3-2-4-9(12(13)14)10(8)11-7;1-7-5-6-8-3-2-4-9(11)10(8)12-7;;;/h2-6H,1H3;2-6H,11H2,1H3;2*1H;/q;;;;+2/p-2. The molecule has 2 aromatic carbocycles. The predicted octanol–water partition coefficient (Wildman–Crippen LogP) is 5.58. The van der Waals surface area contributed by atoms with Gasteiger partial charge < -0.3 is 5.73 Å². The van der Waals surface area contributed by atoms with E-state index in [0.29, 0.717) is 5.52 Å². The van der Waals surface area contributed by atoms with Gasteiger partial charge in [-0.25, -0.2) is 4.98 Å². The molecule has 0 amide bonds. The predicted molar refractivity (Wildman–Crippen MR) is 121 cm³/mol. The van der Waals surface area contributed by atoms with Gasteiger partial charge in [-0.15, -0.1) is 0 Å². The number of pyridine rings is 2. The topological polar surface area (TPSA) is 94.9 Å². The van der Waals surface area contributed by atoms with E-state index in [9.17, 15) is 10.1 Å². The summed E-state index contributed by atoms with van der Waals surface area (Å²) in [4.78, 5) is 18.8. The molecule has 0 fully saturated rings. The van der Waals surface area contributed by atoms with Crippen LogP contribution in [0.3, 0.4) is 0 Å². The van der Waals surface area contributed by atoms with Crippen molar-refractivity contribution in [1.82, 2.24) is 9.97 Å². The van der Waals surface area contributed by atoms with E-state index in [-0.39, 0.29) is 5.69 Å². The Morgan fingerprint density at radius 2 is 1.34 bits per heavy atom. The molecule has 0 atom stereocenters. The molecule has 6 nitrogen and oxygen atoms in total. The van der Waals surface area contributed by atoms with E-state index < -0.39 is 23.8 Å². The van der Waals surface area contributed by atoms with E-state index in [1.807, 2.05) is 62.4 Å². The maximum absolute atomic E-state index is 10.7. The summed E-state index contributed by atoms with van der Waals surface area (Å²) in [7, 11) is 9.87. The van der Waals surface area contributed by atoms with Crippen LogP contribution in [0.5, 0.6) is 0 Å². The second kappa shape index (κ2) is 11.1. The Hall–Kier alpha value is -2.16. The van der Waals surface area contributed by atoms with Crippen LogP contribution in [0.15, 0.2) is 60.7 Å². The molecule has 4 aromatic rings. The molecule has 2 N–H and O–H groups in total. The summed E-state index contributed by atoms with van der Waals surface area (Å²) in [6.07, 6.45) is 0. The number of nitrogen functional groups attached to an aromatic ring is 1. The molecule has 148 valence electrons. The molecule has 4 rings (SSSR count). The fraction of sp³-hybridized carbons (Fsp3) is 0.100. The second-order valence-electron chi connectivity index (χ2n) is 6.00. The number of halogens is 2. The number of nitro groups is 1. The van der Waals surface area contributed by atoms with Crippen molar-refractivity contribution in [2.24, 2.45) is 0 Å². The summed E-state index contributed by atoms with van der Waals surface area (Å²) in [5.74, 6) is 0. The summed E-state index contributed by atoms with van der Waals surface area (Å²) in [5.41, 5.74) is 9.71. The quantitative estimate of drug-likeness (QED) is 0.149. The minimum atomic E-state index is -0.826. The number of aryl methyl sites for hydroxylation is 2. The molecule has 29 heavy (non-hydrogen) atoms. The van der Waals surface area contributed by atoms with Gasteiger partial charge in [0, 0.05) is 28.2 Å². The van der Waals surface area contributed by atoms with Gasteiger partial charge in [-0.3, -0.25) is 15.1 Å². The zero-order valence-electron chi connectivity index (χ0n) is 15.8.